The van der Waals surface area contributed by atoms with Crippen molar-refractivity contribution in [2.24, 2.45) is 11.7 Å². The number of primary amides is 1. The van der Waals surface area contributed by atoms with E-state index in [0.717, 1.165) is 23.8 Å². The van der Waals surface area contributed by atoms with Crippen molar-refractivity contribution >= 4 is 53.1 Å². The fourth-order valence-corrected chi connectivity index (χ4v) is 5.29. The number of benzene rings is 2. The van der Waals surface area contributed by atoms with E-state index in [1.54, 1.807) is 0 Å². The molecule has 0 radical (unpaired) electrons. The maximum atomic E-state index is 14.2. The van der Waals surface area contributed by atoms with Gasteiger partial charge >= 0.3 is 6.18 Å². The summed E-state index contributed by atoms with van der Waals surface area (Å²) in [6, 6.07) is 5.75. The van der Waals surface area contributed by atoms with E-state index < -0.39 is 40.3 Å². The summed E-state index contributed by atoms with van der Waals surface area (Å²) >= 11 is 12.2. The fourth-order valence-electron chi connectivity index (χ4n) is 4.74. The molecule has 0 spiro atoms. The van der Waals surface area contributed by atoms with Gasteiger partial charge in [-0.2, -0.15) is 13.2 Å². The second kappa shape index (κ2) is 9.44. The Kier molecular flexibility index (Phi) is 7.43. The topological polar surface area (TPSA) is 86.9 Å². The first kappa shape index (κ1) is 27.5. The van der Waals surface area contributed by atoms with Gasteiger partial charge in [-0.3, -0.25) is 9.59 Å². The first-order chi connectivity index (χ1) is 15.7. The molecule has 12 heteroatoms. The molecule has 6 nitrogen and oxygen atoms in total. The molecule has 4 rings (SSSR count). The Morgan fingerprint density at radius 1 is 1.23 bits per heavy atom. The molecule has 0 bridgehead atoms. The summed E-state index contributed by atoms with van der Waals surface area (Å²) in [6.45, 7) is 0.0726. The highest BCUT2D eigenvalue weighted by atomic mass is 35.5. The SMILES string of the molecule is CN(C)[C@H]1C[C@@H](CN2C(=O)C(O)(c3ccc(Cl)cc3Cl)c3c2cc(C(N)=O)cc3C(F)(F)F)C1.Cl. The van der Waals surface area contributed by atoms with Crippen LogP contribution in [0.25, 0.3) is 0 Å². The molecule has 1 heterocycles. The van der Waals surface area contributed by atoms with Crippen LogP contribution >= 0.6 is 35.6 Å². The molecule has 2 amide bonds. The third-order valence-corrected chi connectivity index (χ3v) is 7.17. The molecule has 35 heavy (non-hydrogen) atoms. The van der Waals surface area contributed by atoms with E-state index >= 15 is 0 Å². The van der Waals surface area contributed by atoms with Crippen LogP contribution in [0.1, 0.15) is 39.9 Å². The summed E-state index contributed by atoms with van der Waals surface area (Å²) in [5.74, 6) is -2.07. The molecule has 1 aliphatic heterocycles. The number of fused-ring (bicyclic) bond motifs is 1. The van der Waals surface area contributed by atoms with E-state index in [-0.39, 0.29) is 52.2 Å². The van der Waals surface area contributed by atoms with Crippen LogP contribution in [-0.4, -0.2) is 48.5 Å². The van der Waals surface area contributed by atoms with Gasteiger partial charge in [0.15, 0.2) is 5.60 Å². The standard InChI is InChI=1S/C23H22Cl2F3N3O3.ClH/c1-30(2)14-5-11(6-14)10-31-18-8-12(20(29)32)7-16(23(26,27)28)19(18)22(34,21(31)33)15-4-3-13(24)9-17(15)25;/h3-4,7-9,11,14,34H,5-6,10H2,1-2H3,(H2,29,32);1H/t11-,14+,22?;. The highest BCUT2D eigenvalue weighted by Gasteiger charge is 2.57. The Bertz CT molecular complexity index is 1190. The highest BCUT2D eigenvalue weighted by Crippen LogP contribution is 2.52. The van der Waals surface area contributed by atoms with Crippen LogP contribution in [0.5, 0.6) is 0 Å². The molecular formula is C23H23Cl3F3N3O3. The zero-order valence-corrected chi connectivity index (χ0v) is 21.0. The maximum Gasteiger partial charge on any atom is 0.416 e. The highest BCUT2D eigenvalue weighted by molar-refractivity contribution is 6.35. The minimum atomic E-state index is -4.99. The Morgan fingerprint density at radius 2 is 1.86 bits per heavy atom. The number of amides is 2. The van der Waals surface area contributed by atoms with Gasteiger partial charge in [0.2, 0.25) is 5.91 Å². The monoisotopic (exact) mass is 551 g/mol. The van der Waals surface area contributed by atoms with Gasteiger partial charge in [-0.25, -0.2) is 0 Å². The Balaban J connectivity index is 0.00000342. The molecule has 2 aromatic rings. The van der Waals surface area contributed by atoms with Crippen LogP contribution in [0.15, 0.2) is 30.3 Å². The van der Waals surface area contributed by atoms with Gasteiger partial charge in [-0.15, -0.1) is 12.4 Å². The van der Waals surface area contributed by atoms with Gasteiger partial charge in [0.05, 0.1) is 11.3 Å². The summed E-state index contributed by atoms with van der Waals surface area (Å²) in [5, 5.41) is 11.7. The number of hydrogen-bond acceptors (Lipinski definition) is 4. The number of nitrogens with two attached hydrogens (primary N) is 1. The van der Waals surface area contributed by atoms with Gasteiger partial charge in [-0.1, -0.05) is 29.3 Å². The van der Waals surface area contributed by atoms with E-state index in [1.807, 2.05) is 19.0 Å². The number of hydrogen-bond donors (Lipinski definition) is 2. The van der Waals surface area contributed by atoms with Crippen molar-refractivity contribution in [2.75, 3.05) is 25.5 Å². The minimum Gasteiger partial charge on any atom is -0.372 e. The molecule has 1 fully saturated rings. The predicted octanol–water partition coefficient (Wildman–Crippen LogP) is 4.46. The van der Waals surface area contributed by atoms with Crippen LogP contribution in [0, 0.1) is 5.92 Å². The minimum absolute atomic E-state index is 0. The van der Waals surface area contributed by atoms with E-state index in [4.69, 9.17) is 28.9 Å². The van der Waals surface area contributed by atoms with Crippen molar-refractivity contribution in [1.82, 2.24) is 4.90 Å². The maximum absolute atomic E-state index is 14.2. The second-order valence-corrected chi connectivity index (χ2v) is 9.83. The molecule has 1 atom stereocenters. The summed E-state index contributed by atoms with van der Waals surface area (Å²) < 4.78 is 42.6. The fraction of sp³-hybridized carbons (Fsp3) is 0.391. The molecule has 3 N–H and O–H groups in total. The lowest BCUT2D eigenvalue weighted by Gasteiger charge is -2.41. The number of rotatable bonds is 5. The van der Waals surface area contributed by atoms with Crippen molar-refractivity contribution in [1.29, 1.82) is 0 Å². The molecule has 0 saturated heterocycles. The average molecular weight is 553 g/mol. The summed E-state index contributed by atoms with van der Waals surface area (Å²) in [7, 11) is 3.85. The number of anilines is 1. The lowest BCUT2D eigenvalue weighted by molar-refractivity contribution is -0.142. The van der Waals surface area contributed by atoms with Crippen LogP contribution < -0.4 is 10.6 Å². The lowest BCUT2D eigenvalue weighted by atomic mass is 9.79. The molecule has 2 aromatic carbocycles. The summed E-state index contributed by atoms with van der Waals surface area (Å²) in [4.78, 5) is 28.7. The number of carbonyl (C=O) groups is 2. The summed E-state index contributed by atoms with van der Waals surface area (Å²) in [5.41, 5.74) is -0.312. The van der Waals surface area contributed by atoms with Gasteiger partial charge in [-0.05, 0) is 57.1 Å². The second-order valence-electron chi connectivity index (χ2n) is 8.99. The lowest BCUT2D eigenvalue weighted by Crippen LogP contribution is -2.48. The van der Waals surface area contributed by atoms with E-state index in [0.29, 0.717) is 6.07 Å². The Labute approximate surface area is 216 Å². The Morgan fingerprint density at radius 3 is 2.37 bits per heavy atom. The number of halogens is 6. The van der Waals surface area contributed by atoms with E-state index in [9.17, 15) is 27.9 Å². The van der Waals surface area contributed by atoms with E-state index in [1.165, 1.54) is 18.2 Å². The van der Waals surface area contributed by atoms with Gasteiger partial charge in [0.1, 0.15) is 0 Å². The number of carbonyl (C=O) groups excluding carboxylic acids is 2. The first-order valence-electron chi connectivity index (χ1n) is 10.5. The van der Waals surface area contributed by atoms with Gasteiger partial charge < -0.3 is 20.6 Å². The third kappa shape index (κ3) is 4.60. The van der Waals surface area contributed by atoms with Crippen molar-refractivity contribution in [3.63, 3.8) is 0 Å². The Hall–Kier alpha value is -2.04. The largest absolute Gasteiger partial charge is 0.416 e. The molecule has 190 valence electrons. The molecule has 2 aliphatic rings. The number of alkyl halides is 3. The first-order valence-corrected chi connectivity index (χ1v) is 11.2. The number of aliphatic hydroxyl groups is 1. The number of nitrogens with zero attached hydrogens (tertiary/aromatic N) is 2. The summed E-state index contributed by atoms with van der Waals surface area (Å²) in [6.07, 6.45) is -3.53. The van der Waals surface area contributed by atoms with Crippen molar-refractivity contribution in [3.8, 4) is 0 Å². The van der Waals surface area contributed by atoms with Gasteiger partial charge in [0, 0.05) is 39.3 Å². The zero-order chi connectivity index (χ0) is 25.2. The van der Waals surface area contributed by atoms with Crippen LogP contribution in [0.3, 0.4) is 0 Å². The van der Waals surface area contributed by atoms with Crippen LogP contribution in [0.4, 0.5) is 18.9 Å². The molecule has 1 aliphatic carbocycles. The van der Waals surface area contributed by atoms with Crippen LogP contribution in [0.2, 0.25) is 10.0 Å². The normalized spacial score (nSPS) is 23.7. The van der Waals surface area contributed by atoms with Crippen molar-refractivity contribution < 1.29 is 27.9 Å². The van der Waals surface area contributed by atoms with Crippen molar-refractivity contribution in [2.45, 2.75) is 30.7 Å². The quantitative estimate of drug-likeness (QED) is 0.574. The zero-order valence-electron chi connectivity index (χ0n) is 18.7. The molecule has 1 unspecified atom stereocenters. The predicted molar refractivity (Wildman–Crippen MR) is 129 cm³/mol. The smallest absolute Gasteiger partial charge is 0.372 e. The average Bonchev–Trinajstić information content (AvgIpc) is 2.90. The molecular weight excluding hydrogens is 530 g/mol. The molecule has 0 aromatic heterocycles. The van der Waals surface area contributed by atoms with Crippen molar-refractivity contribution in [3.05, 3.63) is 62.6 Å². The van der Waals surface area contributed by atoms with E-state index in [2.05, 4.69) is 0 Å². The van der Waals surface area contributed by atoms with Crippen LogP contribution in [-0.2, 0) is 16.6 Å². The van der Waals surface area contributed by atoms with Gasteiger partial charge in [0.25, 0.3) is 5.91 Å². The molecule has 1 saturated carbocycles. The third-order valence-electron chi connectivity index (χ3n) is 6.62.